The SMILES string of the molecule is COc1ccc(C)cc1CC(NN)c1cc(Br)sc1Br. The molecule has 0 saturated heterocycles. The Balaban J connectivity index is 2.31. The van der Waals surface area contributed by atoms with Gasteiger partial charge in [-0.25, -0.2) is 0 Å². The van der Waals surface area contributed by atoms with Gasteiger partial charge in [0.2, 0.25) is 0 Å². The van der Waals surface area contributed by atoms with Crippen molar-refractivity contribution >= 4 is 43.2 Å². The van der Waals surface area contributed by atoms with Crippen LogP contribution < -0.4 is 16.0 Å². The number of halogens is 2. The van der Waals surface area contributed by atoms with E-state index in [9.17, 15) is 0 Å². The van der Waals surface area contributed by atoms with Crippen molar-refractivity contribution in [3.63, 3.8) is 0 Å². The predicted molar refractivity (Wildman–Crippen MR) is 91.2 cm³/mol. The normalized spacial score (nSPS) is 12.4. The van der Waals surface area contributed by atoms with Crippen LogP contribution in [0.5, 0.6) is 5.75 Å². The Hall–Kier alpha value is -0.400. The van der Waals surface area contributed by atoms with E-state index in [0.29, 0.717) is 0 Å². The van der Waals surface area contributed by atoms with Crippen LogP contribution in [0.15, 0.2) is 31.8 Å². The van der Waals surface area contributed by atoms with Crippen LogP contribution >= 0.6 is 43.2 Å². The summed E-state index contributed by atoms with van der Waals surface area (Å²) in [4.78, 5) is 0. The van der Waals surface area contributed by atoms with E-state index < -0.39 is 0 Å². The Bertz CT molecular complexity index is 601. The number of nitrogens with two attached hydrogens (primary N) is 1. The molecule has 0 aliphatic rings. The summed E-state index contributed by atoms with van der Waals surface area (Å²) in [5, 5.41) is 0. The fourth-order valence-electron chi connectivity index (χ4n) is 2.14. The van der Waals surface area contributed by atoms with Gasteiger partial charge < -0.3 is 4.74 Å². The third-order valence-electron chi connectivity index (χ3n) is 3.12. The van der Waals surface area contributed by atoms with Crippen LogP contribution in [0.1, 0.15) is 22.7 Å². The first-order chi connectivity index (χ1) is 9.55. The number of ether oxygens (including phenoxy) is 1. The number of aryl methyl sites for hydroxylation is 1. The third-order valence-corrected chi connectivity index (χ3v) is 5.51. The average Bonchev–Trinajstić information content (AvgIpc) is 2.75. The van der Waals surface area contributed by atoms with Crippen LogP contribution in [0.3, 0.4) is 0 Å². The molecule has 0 fully saturated rings. The van der Waals surface area contributed by atoms with E-state index in [-0.39, 0.29) is 6.04 Å². The van der Waals surface area contributed by atoms with Gasteiger partial charge in [-0.05, 0) is 68.5 Å². The van der Waals surface area contributed by atoms with E-state index in [0.717, 1.165) is 30.9 Å². The molecule has 1 aromatic carbocycles. The zero-order chi connectivity index (χ0) is 14.7. The van der Waals surface area contributed by atoms with Crippen LogP contribution in [0.4, 0.5) is 0 Å². The molecule has 20 heavy (non-hydrogen) atoms. The Morgan fingerprint density at radius 1 is 1.35 bits per heavy atom. The number of hydrogen-bond donors (Lipinski definition) is 2. The van der Waals surface area contributed by atoms with Crippen molar-refractivity contribution in [2.24, 2.45) is 5.84 Å². The molecular weight excluding hydrogens is 404 g/mol. The summed E-state index contributed by atoms with van der Waals surface area (Å²) in [6, 6.07) is 8.30. The van der Waals surface area contributed by atoms with Gasteiger partial charge in [0, 0.05) is 0 Å². The van der Waals surface area contributed by atoms with Crippen molar-refractivity contribution in [1.82, 2.24) is 5.43 Å². The highest BCUT2D eigenvalue weighted by atomic mass is 79.9. The Morgan fingerprint density at radius 3 is 2.65 bits per heavy atom. The Kier molecular flexibility index (Phi) is 5.63. The van der Waals surface area contributed by atoms with Gasteiger partial charge in [0.25, 0.3) is 0 Å². The lowest BCUT2D eigenvalue weighted by atomic mass is 9.99. The van der Waals surface area contributed by atoms with Gasteiger partial charge in [-0.1, -0.05) is 17.7 Å². The molecule has 2 rings (SSSR count). The standard InChI is InChI=1S/C14H16Br2N2OS/c1-8-3-4-12(19-2)9(5-8)6-11(18-17)10-7-13(15)20-14(10)16/h3-5,7,11,18H,6,17H2,1-2H3. The van der Waals surface area contributed by atoms with Crippen molar-refractivity contribution in [2.75, 3.05) is 7.11 Å². The Morgan fingerprint density at radius 2 is 2.10 bits per heavy atom. The fraction of sp³-hybridized carbons (Fsp3) is 0.286. The zero-order valence-electron chi connectivity index (χ0n) is 11.2. The van der Waals surface area contributed by atoms with Gasteiger partial charge in [-0.3, -0.25) is 11.3 Å². The molecule has 0 aliphatic carbocycles. The van der Waals surface area contributed by atoms with Gasteiger partial charge >= 0.3 is 0 Å². The van der Waals surface area contributed by atoms with Gasteiger partial charge in [0.1, 0.15) is 5.75 Å². The van der Waals surface area contributed by atoms with Crippen molar-refractivity contribution < 1.29 is 4.74 Å². The molecule has 0 radical (unpaired) electrons. The molecule has 1 aromatic heterocycles. The van der Waals surface area contributed by atoms with E-state index in [4.69, 9.17) is 10.6 Å². The minimum absolute atomic E-state index is 0.0302. The maximum atomic E-state index is 5.74. The van der Waals surface area contributed by atoms with Crippen molar-refractivity contribution in [3.05, 3.63) is 48.5 Å². The summed E-state index contributed by atoms with van der Waals surface area (Å²) in [5.41, 5.74) is 6.39. The fourth-order valence-corrected chi connectivity index (χ4v) is 5.11. The van der Waals surface area contributed by atoms with E-state index in [1.165, 1.54) is 5.56 Å². The second kappa shape index (κ2) is 7.04. The Labute approximate surface area is 139 Å². The lowest BCUT2D eigenvalue weighted by molar-refractivity contribution is 0.405. The highest BCUT2D eigenvalue weighted by Gasteiger charge is 2.18. The molecular formula is C14H16Br2N2OS. The molecule has 3 nitrogen and oxygen atoms in total. The number of hydrazine groups is 1. The number of nitrogens with one attached hydrogen (secondary N) is 1. The van der Waals surface area contributed by atoms with Gasteiger partial charge in [0.05, 0.1) is 20.7 Å². The molecule has 1 atom stereocenters. The highest BCUT2D eigenvalue weighted by Crippen LogP contribution is 2.37. The summed E-state index contributed by atoms with van der Waals surface area (Å²) in [7, 11) is 1.69. The number of hydrogen-bond acceptors (Lipinski definition) is 4. The van der Waals surface area contributed by atoms with E-state index >= 15 is 0 Å². The quantitative estimate of drug-likeness (QED) is 0.559. The van der Waals surface area contributed by atoms with E-state index in [1.54, 1.807) is 18.4 Å². The molecule has 0 saturated carbocycles. The second-order valence-electron chi connectivity index (χ2n) is 4.52. The molecule has 2 aromatic rings. The minimum Gasteiger partial charge on any atom is -0.496 e. The summed E-state index contributed by atoms with van der Waals surface area (Å²) < 4.78 is 7.59. The molecule has 1 unspecified atom stereocenters. The zero-order valence-corrected chi connectivity index (χ0v) is 15.2. The average molecular weight is 420 g/mol. The predicted octanol–water partition coefficient (Wildman–Crippen LogP) is 4.34. The molecule has 0 bridgehead atoms. The molecule has 0 spiro atoms. The molecule has 3 N–H and O–H groups in total. The molecule has 0 aliphatic heterocycles. The smallest absolute Gasteiger partial charge is 0.122 e. The van der Waals surface area contributed by atoms with Gasteiger partial charge in [-0.15, -0.1) is 11.3 Å². The van der Waals surface area contributed by atoms with E-state index in [2.05, 4.69) is 56.3 Å². The van der Waals surface area contributed by atoms with Crippen LogP contribution in [0, 0.1) is 6.92 Å². The third kappa shape index (κ3) is 3.62. The topological polar surface area (TPSA) is 47.3 Å². The van der Waals surface area contributed by atoms with Crippen LogP contribution in [0.2, 0.25) is 0 Å². The maximum Gasteiger partial charge on any atom is 0.122 e. The van der Waals surface area contributed by atoms with Crippen molar-refractivity contribution in [2.45, 2.75) is 19.4 Å². The maximum absolute atomic E-state index is 5.74. The molecule has 0 amide bonds. The van der Waals surface area contributed by atoms with Crippen LogP contribution in [-0.4, -0.2) is 7.11 Å². The summed E-state index contributed by atoms with van der Waals surface area (Å²) in [5.74, 6) is 6.63. The van der Waals surface area contributed by atoms with Crippen molar-refractivity contribution in [1.29, 1.82) is 0 Å². The van der Waals surface area contributed by atoms with Gasteiger partial charge in [0.15, 0.2) is 0 Å². The number of benzene rings is 1. The first-order valence-electron chi connectivity index (χ1n) is 6.09. The largest absolute Gasteiger partial charge is 0.496 e. The first-order valence-corrected chi connectivity index (χ1v) is 8.49. The number of thiophene rings is 1. The monoisotopic (exact) mass is 418 g/mol. The summed E-state index contributed by atoms with van der Waals surface area (Å²) in [6.07, 6.45) is 0.767. The lowest BCUT2D eigenvalue weighted by Gasteiger charge is -2.18. The van der Waals surface area contributed by atoms with Crippen LogP contribution in [-0.2, 0) is 6.42 Å². The van der Waals surface area contributed by atoms with E-state index in [1.807, 2.05) is 12.1 Å². The van der Waals surface area contributed by atoms with Crippen molar-refractivity contribution in [3.8, 4) is 5.75 Å². The number of methoxy groups -OCH3 is 1. The minimum atomic E-state index is 0.0302. The molecule has 1 heterocycles. The lowest BCUT2D eigenvalue weighted by Crippen LogP contribution is -2.29. The van der Waals surface area contributed by atoms with Crippen LogP contribution in [0.25, 0.3) is 0 Å². The summed E-state index contributed by atoms with van der Waals surface area (Å²) in [6.45, 7) is 2.07. The first kappa shape index (κ1) is 16.0. The molecule has 6 heteroatoms. The molecule has 108 valence electrons. The van der Waals surface area contributed by atoms with Gasteiger partial charge in [-0.2, -0.15) is 0 Å². The second-order valence-corrected chi connectivity index (χ2v) is 8.27. The number of rotatable bonds is 5. The summed E-state index contributed by atoms with van der Waals surface area (Å²) >= 11 is 8.73. The highest BCUT2D eigenvalue weighted by molar-refractivity contribution is 9.12.